The first kappa shape index (κ1) is 40.5. The van der Waals surface area contributed by atoms with Crippen LogP contribution in [0.15, 0.2) is 41.3 Å². The number of carboxylic acid groups (broad SMARTS) is 1. The van der Waals surface area contributed by atoms with Crippen molar-refractivity contribution in [2.75, 3.05) is 19.6 Å². The van der Waals surface area contributed by atoms with Crippen molar-refractivity contribution in [2.24, 2.45) is 11.8 Å². The van der Waals surface area contributed by atoms with Crippen LogP contribution in [0.5, 0.6) is 0 Å². The highest BCUT2D eigenvalue weighted by atomic mass is 19.4. The lowest BCUT2D eigenvalue weighted by atomic mass is 9.87. The van der Waals surface area contributed by atoms with Crippen LogP contribution in [-0.4, -0.2) is 52.0 Å². The van der Waals surface area contributed by atoms with Gasteiger partial charge in [-0.05, 0) is 86.4 Å². The summed E-state index contributed by atoms with van der Waals surface area (Å²) in [6.07, 6.45) is 0.625. The van der Waals surface area contributed by atoms with Gasteiger partial charge in [0.05, 0.1) is 23.6 Å². The van der Waals surface area contributed by atoms with E-state index in [4.69, 9.17) is 6.42 Å². The molecule has 1 aromatic heterocycles. The summed E-state index contributed by atoms with van der Waals surface area (Å²) in [7, 11) is 0. The van der Waals surface area contributed by atoms with Crippen LogP contribution in [0.1, 0.15) is 97.3 Å². The minimum Gasteiger partial charge on any atom is -0.481 e. The summed E-state index contributed by atoms with van der Waals surface area (Å²) in [5.41, 5.74) is -2.34. The fraction of sp³-hybridized carbons (Fsp3) is 0.475. The Bertz CT molecular complexity index is 2010. The molecule has 0 unspecified atom stereocenters. The fourth-order valence-corrected chi connectivity index (χ4v) is 7.54. The summed E-state index contributed by atoms with van der Waals surface area (Å²) in [5.74, 6) is -7.48. The molecule has 1 saturated heterocycles. The molecule has 2 fully saturated rings. The molecule has 0 bridgehead atoms. The Balaban J connectivity index is 1.55. The summed E-state index contributed by atoms with van der Waals surface area (Å²) >= 11 is 0. The van der Waals surface area contributed by atoms with E-state index in [9.17, 15) is 41.4 Å². The lowest BCUT2D eigenvalue weighted by molar-refractivity contribution is -0.139. The zero-order valence-electron chi connectivity index (χ0n) is 30.3. The number of aromatic nitrogens is 1. The van der Waals surface area contributed by atoms with Gasteiger partial charge in [0.15, 0.2) is 0 Å². The van der Waals surface area contributed by atoms with Crippen molar-refractivity contribution in [3.8, 4) is 23.5 Å². The Morgan fingerprint density at radius 1 is 1.07 bits per heavy atom. The third-order valence-electron chi connectivity index (χ3n) is 10.4. The molecule has 5 rings (SSSR count). The number of halogens is 7. The highest BCUT2D eigenvalue weighted by Gasteiger charge is 2.57. The number of pyridine rings is 1. The van der Waals surface area contributed by atoms with Crippen molar-refractivity contribution in [1.29, 1.82) is 0 Å². The summed E-state index contributed by atoms with van der Waals surface area (Å²) in [6.45, 7) is 7.39. The second-order valence-electron chi connectivity index (χ2n) is 14.9. The maximum absolute atomic E-state index is 16.5. The number of carbonyl (C=O) groups excluding carboxylic acids is 1. The molecule has 3 aromatic rings. The maximum Gasteiger partial charge on any atom is 0.416 e. The van der Waals surface area contributed by atoms with E-state index < -0.39 is 88.2 Å². The Kier molecular flexibility index (Phi) is 11.7. The normalized spacial score (nSPS) is 18.6. The lowest BCUT2D eigenvalue weighted by Gasteiger charge is -2.34. The van der Waals surface area contributed by atoms with E-state index >= 15 is 8.78 Å². The largest absolute Gasteiger partial charge is 0.481 e. The van der Waals surface area contributed by atoms with E-state index in [1.54, 1.807) is 50.8 Å². The quantitative estimate of drug-likeness (QED) is 0.144. The van der Waals surface area contributed by atoms with Crippen LogP contribution in [0.4, 0.5) is 30.7 Å². The number of hydrogen-bond donors (Lipinski definition) is 2. The SMILES string of the molecule is C#Cc1cc(-c2c(C)cccc2C)c(F)c([C@H](CC(=O)O)NC(=O)[C@@H](CC(C)C)n2cc(C3CCN(C[C@@H]4CC4(F)F)CC3)c(C(F)(F)F)cc2=O)c1F. The van der Waals surface area contributed by atoms with Gasteiger partial charge in [-0.25, -0.2) is 17.6 Å². The molecule has 3 atom stereocenters. The van der Waals surface area contributed by atoms with Crippen molar-refractivity contribution in [1.82, 2.24) is 14.8 Å². The molecule has 1 aliphatic carbocycles. The molecule has 14 heteroatoms. The van der Waals surface area contributed by atoms with E-state index in [0.29, 0.717) is 22.8 Å². The number of hydrogen-bond acceptors (Lipinski definition) is 4. The number of carboxylic acids is 1. The highest BCUT2D eigenvalue weighted by molar-refractivity contribution is 5.82. The number of aryl methyl sites for hydroxylation is 2. The second-order valence-corrected chi connectivity index (χ2v) is 14.9. The van der Waals surface area contributed by atoms with E-state index in [2.05, 4.69) is 11.2 Å². The molecule has 0 spiro atoms. The first-order chi connectivity index (χ1) is 25.2. The number of benzene rings is 2. The van der Waals surface area contributed by atoms with Crippen molar-refractivity contribution in [3.63, 3.8) is 0 Å². The van der Waals surface area contributed by atoms with Crippen LogP contribution in [0, 0.1) is 49.7 Å². The number of likely N-dealkylation sites (tertiary alicyclic amines) is 1. The Labute approximate surface area is 308 Å². The van der Waals surface area contributed by atoms with Gasteiger partial charge < -0.3 is 19.9 Å². The van der Waals surface area contributed by atoms with Gasteiger partial charge in [0, 0.05) is 42.3 Å². The monoisotopic (exact) mass is 761 g/mol. The third-order valence-corrected chi connectivity index (χ3v) is 10.4. The summed E-state index contributed by atoms with van der Waals surface area (Å²) < 4.78 is 104. The van der Waals surface area contributed by atoms with E-state index in [1.165, 1.54) is 0 Å². The number of amides is 1. The molecule has 7 nitrogen and oxygen atoms in total. The Hall–Kier alpha value is -4.64. The number of nitrogens with zero attached hydrogens (tertiary/aromatic N) is 2. The molecular weight excluding hydrogens is 719 g/mol. The number of rotatable bonds is 12. The zero-order chi connectivity index (χ0) is 39.9. The van der Waals surface area contributed by atoms with Crippen molar-refractivity contribution < 1.29 is 45.4 Å². The molecule has 2 heterocycles. The minimum absolute atomic E-state index is 0.118. The first-order valence-corrected chi connectivity index (χ1v) is 17.7. The van der Waals surface area contributed by atoms with Gasteiger partial charge in [-0.3, -0.25) is 14.4 Å². The van der Waals surface area contributed by atoms with Gasteiger partial charge in [0.2, 0.25) is 5.91 Å². The molecule has 290 valence electrons. The minimum atomic E-state index is -4.94. The standard InChI is InChI=1S/C40H42F7N3O4/c1-6-24-15-27(34-22(4)8-7-9-23(34)5)37(42)35(36(24)41)30(17-33(52)53)48-38(54)31(14-21(2)3)50-20-28(29(16-32(50)51)40(45,46)47)25-10-12-49(13-11-25)19-26-18-39(26,43)44/h1,7-9,15-16,20-21,25-26,30-31H,10-14,17-19H2,2-5H3,(H,48,54)(H,52,53)/t26-,30-,31+/m0/s1. The van der Waals surface area contributed by atoms with Gasteiger partial charge in [-0.1, -0.05) is 38.0 Å². The van der Waals surface area contributed by atoms with Crippen LogP contribution in [-0.2, 0) is 15.8 Å². The van der Waals surface area contributed by atoms with E-state index in [-0.39, 0.29) is 62.4 Å². The number of aliphatic carboxylic acids is 1. The van der Waals surface area contributed by atoms with Gasteiger partial charge >= 0.3 is 12.1 Å². The zero-order valence-corrected chi connectivity index (χ0v) is 30.3. The Morgan fingerprint density at radius 2 is 1.69 bits per heavy atom. The molecule has 2 aromatic carbocycles. The average molecular weight is 762 g/mol. The summed E-state index contributed by atoms with van der Waals surface area (Å²) in [6, 6.07) is 3.29. The smallest absolute Gasteiger partial charge is 0.416 e. The predicted molar refractivity (Wildman–Crippen MR) is 188 cm³/mol. The van der Waals surface area contributed by atoms with E-state index in [1.807, 2.05) is 0 Å². The van der Waals surface area contributed by atoms with Crippen LogP contribution in [0.3, 0.4) is 0 Å². The molecule has 2 N–H and O–H groups in total. The number of carbonyl (C=O) groups is 2. The van der Waals surface area contributed by atoms with Crippen molar-refractivity contribution >= 4 is 11.9 Å². The number of alkyl halides is 5. The van der Waals surface area contributed by atoms with Crippen molar-refractivity contribution in [3.05, 3.63) is 91.9 Å². The molecule has 1 aliphatic heterocycles. The molecular formula is C40H42F7N3O4. The molecule has 1 amide bonds. The number of nitrogens with one attached hydrogen (secondary N) is 1. The first-order valence-electron chi connectivity index (χ1n) is 17.7. The topological polar surface area (TPSA) is 91.6 Å². The maximum atomic E-state index is 16.5. The molecule has 2 aliphatic rings. The molecule has 54 heavy (non-hydrogen) atoms. The van der Waals surface area contributed by atoms with E-state index in [0.717, 1.165) is 16.8 Å². The molecule has 1 saturated carbocycles. The predicted octanol–water partition coefficient (Wildman–Crippen LogP) is 8.16. The number of piperidine rings is 1. The average Bonchev–Trinajstić information content (AvgIpc) is 3.68. The van der Waals surface area contributed by atoms with Gasteiger partial charge in [-0.2, -0.15) is 13.2 Å². The van der Waals surface area contributed by atoms with Gasteiger partial charge in [0.1, 0.15) is 17.7 Å². The fourth-order valence-electron chi connectivity index (χ4n) is 7.54. The van der Waals surface area contributed by atoms with Crippen molar-refractivity contribution in [2.45, 2.75) is 89.9 Å². The van der Waals surface area contributed by atoms with Crippen LogP contribution in [0.2, 0.25) is 0 Å². The van der Waals surface area contributed by atoms with Crippen LogP contribution in [0.25, 0.3) is 11.1 Å². The van der Waals surface area contributed by atoms with Crippen LogP contribution < -0.4 is 10.9 Å². The van der Waals surface area contributed by atoms with Gasteiger partial charge in [-0.15, -0.1) is 6.42 Å². The summed E-state index contributed by atoms with van der Waals surface area (Å²) in [4.78, 5) is 41.5. The van der Waals surface area contributed by atoms with Crippen LogP contribution >= 0.6 is 0 Å². The number of terminal acetylenes is 1. The van der Waals surface area contributed by atoms with Gasteiger partial charge in [0.25, 0.3) is 11.5 Å². The Morgan fingerprint density at radius 3 is 2.20 bits per heavy atom. The third kappa shape index (κ3) is 8.67. The summed E-state index contributed by atoms with van der Waals surface area (Å²) in [5, 5.41) is 12.2. The molecule has 0 radical (unpaired) electrons. The second kappa shape index (κ2) is 15.6. The highest BCUT2D eigenvalue weighted by Crippen LogP contribution is 2.49. The lowest BCUT2D eigenvalue weighted by Crippen LogP contribution is -2.41.